The summed E-state index contributed by atoms with van der Waals surface area (Å²) >= 11 is 0. The molecule has 0 saturated carbocycles. The lowest BCUT2D eigenvalue weighted by Crippen LogP contribution is -2.41. The third-order valence-electron chi connectivity index (χ3n) is 3.89. The van der Waals surface area contributed by atoms with Crippen LogP contribution in [0, 0.1) is 11.6 Å². The highest BCUT2D eigenvalue weighted by atomic mass is 35.5. The second kappa shape index (κ2) is 5.60. The minimum absolute atomic E-state index is 0. The van der Waals surface area contributed by atoms with E-state index in [1.54, 1.807) is 0 Å². The maximum absolute atomic E-state index is 13.7. The van der Waals surface area contributed by atoms with Crippen LogP contribution < -0.4 is 11.2 Å². The minimum atomic E-state index is -0.777. The highest BCUT2D eigenvalue weighted by Crippen LogP contribution is 2.36. The Balaban J connectivity index is 0.00000200. The summed E-state index contributed by atoms with van der Waals surface area (Å²) in [7, 11) is -0.777. The first-order valence-corrected chi connectivity index (χ1v) is 6.21. The van der Waals surface area contributed by atoms with Crippen molar-refractivity contribution in [2.24, 2.45) is 5.73 Å². The molecule has 0 aliphatic carbocycles. The molecule has 1 heterocycles. The zero-order valence-electron chi connectivity index (χ0n) is 12.0. The van der Waals surface area contributed by atoms with Crippen LogP contribution >= 0.6 is 12.4 Å². The summed E-state index contributed by atoms with van der Waals surface area (Å²) in [6, 6.07) is 2.43. The standard InChI is InChI=1S/C13H18BF2NO2.ClH/c1-12(2)13(3,4)19-14(18-12)8-5-10(15)9(7-17)11(16)6-8;/h5-6H,7,17H2,1-4H3;1H. The van der Waals surface area contributed by atoms with E-state index in [1.807, 2.05) is 27.7 Å². The zero-order valence-corrected chi connectivity index (χ0v) is 12.8. The molecule has 7 heteroatoms. The molecular weight excluding hydrogens is 286 g/mol. The topological polar surface area (TPSA) is 44.5 Å². The van der Waals surface area contributed by atoms with E-state index in [1.165, 1.54) is 12.1 Å². The summed E-state index contributed by atoms with van der Waals surface area (Å²) < 4.78 is 38.9. The molecule has 1 aromatic carbocycles. The molecule has 0 spiro atoms. The maximum Gasteiger partial charge on any atom is 0.495 e. The molecule has 0 atom stereocenters. The number of benzene rings is 1. The van der Waals surface area contributed by atoms with Crippen molar-refractivity contribution in [2.75, 3.05) is 0 Å². The molecule has 1 aliphatic rings. The zero-order chi connectivity index (χ0) is 14.4. The van der Waals surface area contributed by atoms with Gasteiger partial charge in [0.05, 0.1) is 11.2 Å². The molecule has 1 saturated heterocycles. The van der Waals surface area contributed by atoms with Crippen molar-refractivity contribution in [3.63, 3.8) is 0 Å². The van der Waals surface area contributed by atoms with Gasteiger partial charge < -0.3 is 15.0 Å². The SMILES string of the molecule is CC1(C)OB(c2cc(F)c(CN)c(F)c2)OC1(C)C.Cl. The van der Waals surface area contributed by atoms with E-state index in [4.69, 9.17) is 15.0 Å². The normalized spacial score (nSPS) is 19.9. The van der Waals surface area contributed by atoms with Crippen molar-refractivity contribution >= 4 is 25.0 Å². The highest BCUT2D eigenvalue weighted by molar-refractivity contribution is 6.62. The van der Waals surface area contributed by atoms with Gasteiger partial charge >= 0.3 is 7.12 Å². The number of halogens is 3. The summed E-state index contributed by atoms with van der Waals surface area (Å²) in [6.07, 6.45) is 0. The Morgan fingerprint density at radius 3 is 1.80 bits per heavy atom. The lowest BCUT2D eigenvalue weighted by molar-refractivity contribution is 0.00578. The summed E-state index contributed by atoms with van der Waals surface area (Å²) in [6.45, 7) is 7.35. The molecule has 0 radical (unpaired) electrons. The highest BCUT2D eigenvalue weighted by Gasteiger charge is 2.51. The molecule has 0 bridgehead atoms. The fourth-order valence-electron chi connectivity index (χ4n) is 1.93. The average molecular weight is 306 g/mol. The van der Waals surface area contributed by atoms with Gasteiger partial charge in [-0.25, -0.2) is 8.78 Å². The molecule has 0 aromatic heterocycles. The van der Waals surface area contributed by atoms with E-state index in [0.29, 0.717) is 5.46 Å². The monoisotopic (exact) mass is 305 g/mol. The van der Waals surface area contributed by atoms with Gasteiger partial charge in [-0.3, -0.25) is 0 Å². The lowest BCUT2D eigenvalue weighted by Gasteiger charge is -2.32. The van der Waals surface area contributed by atoms with Gasteiger partial charge in [-0.15, -0.1) is 12.4 Å². The van der Waals surface area contributed by atoms with E-state index in [9.17, 15) is 8.78 Å². The second-order valence-corrected chi connectivity index (χ2v) is 5.76. The van der Waals surface area contributed by atoms with E-state index >= 15 is 0 Å². The van der Waals surface area contributed by atoms with Crippen LogP contribution in [0.15, 0.2) is 12.1 Å². The molecule has 20 heavy (non-hydrogen) atoms. The van der Waals surface area contributed by atoms with Crippen molar-refractivity contribution in [1.29, 1.82) is 0 Å². The number of hydrogen-bond donors (Lipinski definition) is 1. The first kappa shape index (κ1) is 17.4. The van der Waals surface area contributed by atoms with Crippen LogP contribution in [0.1, 0.15) is 33.3 Å². The van der Waals surface area contributed by atoms with Crippen molar-refractivity contribution in [2.45, 2.75) is 45.4 Å². The van der Waals surface area contributed by atoms with Crippen LogP contribution in [0.3, 0.4) is 0 Å². The van der Waals surface area contributed by atoms with E-state index in [0.717, 1.165) is 0 Å². The predicted molar refractivity (Wildman–Crippen MR) is 77.2 cm³/mol. The molecule has 3 nitrogen and oxygen atoms in total. The Hall–Kier alpha value is -0.685. The first-order valence-electron chi connectivity index (χ1n) is 6.21. The van der Waals surface area contributed by atoms with Crippen LogP contribution in [0.5, 0.6) is 0 Å². The fraction of sp³-hybridized carbons (Fsp3) is 0.538. The van der Waals surface area contributed by atoms with Crippen molar-refractivity contribution < 1.29 is 18.1 Å². The Morgan fingerprint density at radius 2 is 1.45 bits per heavy atom. The smallest absolute Gasteiger partial charge is 0.399 e. The number of hydrogen-bond acceptors (Lipinski definition) is 3. The summed E-state index contributed by atoms with van der Waals surface area (Å²) in [5.74, 6) is -1.35. The average Bonchev–Trinajstić information content (AvgIpc) is 2.47. The molecular formula is C13H19BClF2NO2. The van der Waals surface area contributed by atoms with Crippen LogP contribution in [-0.4, -0.2) is 18.3 Å². The third kappa shape index (κ3) is 2.84. The summed E-state index contributed by atoms with van der Waals surface area (Å²) in [5, 5.41) is 0. The summed E-state index contributed by atoms with van der Waals surface area (Å²) in [4.78, 5) is 0. The molecule has 1 fully saturated rings. The van der Waals surface area contributed by atoms with Gasteiger partial charge in [0.1, 0.15) is 11.6 Å². The molecule has 1 aliphatic heterocycles. The number of rotatable bonds is 2. The van der Waals surface area contributed by atoms with Gasteiger partial charge in [-0.2, -0.15) is 0 Å². The molecule has 2 N–H and O–H groups in total. The van der Waals surface area contributed by atoms with E-state index < -0.39 is 30.0 Å². The fourth-order valence-corrected chi connectivity index (χ4v) is 1.93. The quantitative estimate of drug-likeness (QED) is 0.852. The Labute approximate surface area is 124 Å². The van der Waals surface area contributed by atoms with Crippen LogP contribution in [0.25, 0.3) is 0 Å². The predicted octanol–water partition coefficient (Wildman–Crippen LogP) is 2.14. The van der Waals surface area contributed by atoms with Gasteiger partial charge in [0.15, 0.2) is 0 Å². The van der Waals surface area contributed by atoms with Gasteiger partial charge in [0.2, 0.25) is 0 Å². The number of nitrogens with two attached hydrogens (primary N) is 1. The largest absolute Gasteiger partial charge is 0.495 e. The van der Waals surface area contributed by atoms with Gasteiger partial charge in [-0.1, -0.05) is 0 Å². The van der Waals surface area contributed by atoms with Crippen LogP contribution in [0.4, 0.5) is 8.78 Å². The molecule has 0 amide bonds. The second-order valence-electron chi connectivity index (χ2n) is 5.76. The minimum Gasteiger partial charge on any atom is -0.399 e. The van der Waals surface area contributed by atoms with Crippen LogP contribution in [0.2, 0.25) is 0 Å². The first-order chi connectivity index (χ1) is 8.68. The van der Waals surface area contributed by atoms with Crippen molar-refractivity contribution in [3.05, 3.63) is 29.3 Å². The van der Waals surface area contributed by atoms with Crippen molar-refractivity contribution in [3.8, 4) is 0 Å². The maximum atomic E-state index is 13.7. The Bertz CT molecular complexity index is 472. The molecule has 112 valence electrons. The summed E-state index contributed by atoms with van der Waals surface area (Å²) in [5.41, 5.74) is 4.41. The molecule has 1 aromatic rings. The lowest BCUT2D eigenvalue weighted by atomic mass is 9.78. The van der Waals surface area contributed by atoms with Gasteiger partial charge in [0.25, 0.3) is 0 Å². The van der Waals surface area contributed by atoms with Crippen molar-refractivity contribution in [1.82, 2.24) is 0 Å². The van der Waals surface area contributed by atoms with Gasteiger partial charge in [-0.05, 0) is 45.3 Å². The van der Waals surface area contributed by atoms with E-state index in [2.05, 4.69) is 0 Å². The Morgan fingerprint density at radius 1 is 1.05 bits per heavy atom. The molecule has 0 unspecified atom stereocenters. The van der Waals surface area contributed by atoms with Crippen LogP contribution in [-0.2, 0) is 15.9 Å². The Kier molecular flexibility index (Phi) is 4.86. The third-order valence-corrected chi connectivity index (χ3v) is 3.89. The molecule has 2 rings (SSSR count). The van der Waals surface area contributed by atoms with E-state index in [-0.39, 0.29) is 24.5 Å². The van der Waals surface area contributed by atoms with Gasteiger partial charge in [0, 0.05) is 12.1 Å².